The van der Waals surface area contributed by atoms with Crippen molar-refractivity contribution in [1.82, 2.24) is 0 Å². The van der Waals surface area contributed by atoms with Crippen molar-refractivity contribution in [3.05, 3.63) is 29.8 Å². The molecule has 1 aromatic rings. The maximum Gasteiger partial charge on any atom is 0.314 e. The quantitative estimate of drug-likeness (QED) is 0.502. The molecule has 2 rings (SSSR count). The molecule has 1 saturated heterocycles. The Hall–Kier alpha value is -1.92. The highest BCUT2D eigenvalue weighted by Crippen LogP contribution is 2.14. The summed E-state index contributed by atoms with van der Waals surface area (Å²) in [6.45, 7) is 6.43. The third-order valence-electron chi connectivity index (χ3n) is 4.70. The summed E-state index contributed by atoms with van der Waals surface area (Å²) in [5.74, 6) is 0.531. The largest absolute Gasteiger partial charge is 0.491 e. The fourth-order valence-corrected chi connectivity index (χ4v) is 3.32. The summed E-state index contributed by atoms with van der Waals surface area (Å²) >= 11 is 0. The molecule has 1 heterocycles. The van der Waals surface area contributed by atoms with E-state index in [1.54, 1.807) is 24.3 Å². The Morgan fingerprint density at radius 2 is 2.00 bits per heavy atom. The zero-order valence-electron chi connectivity index (χ0n) is 15.7. The summed E-state index contributed by atoms with van der Waals surface area (Å²) in [4.78, 5) is 24.7. The molecule has 0 spiro atoms. The molecule has 144 valence electrons. The predicted octanol–water partition coefficient (Wildman–Crippen LogP) is 0.877. The Labute approximate surface area is 155 Å². The van der Waals surface area contributed by atoms with E-state index in [4.69, 9.17) is 9.47 Å². The van der Waals surface area contributed by atoms with Gasteiger partial charge in [-0.05, 0) is 44.0 Å². The van der Waals surface area contributed by atoms with Gasteiger partial charge in [-0.2, -0.15) is 0 Å². The van der Waals surface area contributed by atoms with Gasteiger partial charge in [0.2, 0.25) is 0 Å². The summed E-state index contributed by atoms with van der Waals surface area (Å²) in [6, 6.07) is 6.99. The first kappa shape index (κ1) is 20.4. The van der Waals surface area contributed by atoms with E-state index in [0.717, 1.165) is 19.4 Å². The number of carbonyl (C=O) groups excluding carboxylic acids is 2. The number of likely N-dealkylation sites (tertiary alicyclic amines) is 1. The number of quaternary nitrogens is 1. The second-order valence-corrected chi connectivity index (χ2v) is 6.77. The zero-order valence-corrected chi connectivity index (χ0v) is 15.7. The number of hydrogen-bond acceptors (Lipinski definition) is 5. The standard InChI is InChI=1S/C20H29NO5/c1-3-19(23)15-7-9-18(10-8-15)26-14-17(22)13-21-11-5-6-16(12-21)20(24)25-4-2/h7-10,16-17,22H,3-6,11-14H2,1-2H3/p+1/t16-,17+/m0/s1. The number of piperidine rings is 1. The van der Waals surface area contributed by atoms with Crippen molar-refractivity contribution < 1.29 is 29.1 Å². The number of hydrogen-bond donors (Lipinski definition) is 2. The third-order valence-corrected chi connectivity index (χ3v) is 4.70. The molecule has 0 saturated carbocycles. The molecule has 6 heteroatoms. The predicted molar refractivity (Wildman–Crippen MR) is 97.5 cm³/mol. The summed E-state index contributed by atoms with van der Waals surface area (Å²) in [7, 11) is 0. The number of ketones is 1. The lowest BCUT2D eigenvalue weighted by molar-refractivity contribution is -0.910. The summed E-state index contributed by atoms with van der Waals surface area (Å²) in [5, 5.41) is 10.3. The number of nitrogens with one attached hydrogen (secondary N) is 1. The van der Waals surface area contributed by atoms with Gasteiger partial charge in [0.1, 0.15) is 30.9 Å². The molecule has 1 aliphatic rings. The van der Waals surface area contributed by atoms with Crippen LogP contribution in [0, 0.1) is 5.92 Å². The molecular weight excluding hydrogens is 334 g/mol. The fourth-order valence-electron chi connectivity index (χ4n) is 3.32. The molecule has 3 atom stereocenters. The number of rotatable bonds is 9. The van der Waals surface area contributed by atoms with Crippen LogP contribution in [0.5, 0.6) is 5.75 Å². The maximum absolute atomic E-state index is 11.9. The number of Topliss-reactive ketones (excluding diaryl/α,β-unsaturated/α-hetero) is 1. The molecule has 1 aliphatic heterocycles. The molecule has 1 aromatic carbocycles. The average Bonchev–Trinajstić information content (AvgIpc) is 2.66. The summed E-state index contributed by atoms with van der Waals surface area (Å²) < 4.78 is 10.7. The van der Waals surface area contributed by atoms with E-state index >= 15 is 0 Å². The van der Waals surface area contributed by atoms with Crippen molar-refractivity contribution in [3.8, 4) is 5.75 Å². The molecule has 26 heavy (non-hydrogen) atoms. The lowest BCUT2D eigenvalue weighted by Crippen LogP contribution is -3.15. The van der Waals surface area contributed by atoms with E-state index in [-0.39, 0.29) is 24.3 Å². The van der Waals surface area contributed by atoms with Gasteiger partial charge in [0, 0.05) is 12.0 Å². The van der Waals surface area contributed by atoms with Gasteiger partial charge in [0.05, 0.1) is 19.7 Å². The van der Waals surface area contributed by atoms with E-state index in [9.17, 15) is 14.7 Å². The molecular formula is C20H30NO5+. The number of ether oxygens (including phenoxy) is 2. The van der Waals surface area contributed by atoms with E-state index in [1.165, 1.54) is 4.90 Å². The Kier molecular flexibility index (Phi) is 8.06. The van der Waals surface area contributed by atoms with Gasteiger partial charge in [-0.15, -0.1) is 0 Å². The minimum Gasteiger partial charge on any atom is -0.491 e. The van der Waals surface area contributed by atoms with Crippen molar-refractivity contribution in [1.29, 1.82) is 0 Å². The lowest BCUT2D eigenvalue weighted by atomic mass is 9.98. The first-order valence-corrected chi connectivity index (χ1v) is 9.47. The first-order chi connectivity index (χ1) is 12.5. The van der Waals surface area contributed by atoms with Gasteiger partial charge in [-0.3, -0.25) is 9.59 Å². The van der Waals surface area contributed by atoms with E-state index in [0.29, 0.717) is 37.4 Å². The lowest BCUT2D eigenvalue weighted by Gasteiger charge is -2.30. The van der Waals surface area contributed by atoms with Gasteiger partial charge in [0.25, 0.3) is 0 Å². The molecule has 6 nitrogen and oxygen atoms in total. The highest BCUT2D eigenvalue weighted by Gasteiger charge is 2.30. The van der Waals surface area contributed by atoms with Crippen LogP contribution in [-0.4, -0.2) is 55.8 Å². The van der Waals surface area contributed by atoms with Crippen LogP contribution in [0.25, 0.3) is 0 Å². The smallest absolute Gasteiger partial charge is 0.314 e. The van der Waals surface area contributed by atoms with Crippen molar-refractivity contribution in [2.45, 2.75) is 39.2 Å². The van der Waals surface area contributed by atoms with Crippen molar-refractivity contribution in [2.24, 2.45) is 5.92 Å². The molecule has 0 aliphatic carbocycles. The number of aliphatic hydroxyl groups excluding tert-OH is 1. The number of benzene rings is 1. The van der Waals surface area contributed by atoms with Gasteiger partial charge < -0.3 is 19.5 Å². The monoisotopic (exact) mass is 364 g/mol. The van der Waals surface area contributed by atoms with Crippen molar-refractivity contribution >= 4 is 11.8 Å². The highest BCUT2D eigenvalue weighted by molar-refractivity contribution is 5.95. The van der Waals surface area contributed by atoms with Crippen molar-refractivity contribution in [3.63, 3.8) is 0 Å². The maximum atomic E-state index is 11.9. The molecule has 0 amide bonds. The third kappa shape index (κ3) is 6.11. The van der Waals surface area contributed by atoms with Crippen LogP contribution in [0.15, 0.2) is 24.3 Å². The Morgan fingerprint density at radius 1 is 1.27 bits per heavy atom. The molecule has 2 N–H and O–H groups in total. The van der Waals surface area contributed by atoms with Crippen molar-refractivity contribution in [2.75, 3.05) is 32.8 Å². The summed E-state index contributed by atoms with van der Waals surface area (Å²) in [6.07, 6.45) is 1.68. The minimum atomic E-state index is -0.608. The molecule has 0 radical (unpaired) electrons. The fraction of sp³-hybridized carbons (Fsp3) is 0.600. The zero-order chi connectivity index (χ0) is 18.9. The molecule has 0 aromatic heterocycles. The minimum absolute atomic E-state index is 0.0736. The van der Waals surface area contributed by atoms with Crippen LogP contribution in [0.3, 0.4) is 0 Å². The normalized spacial score (nSPS) is 21.0. The van der Waals surface area contributed by atoms with Gasteiger partial charge in [0.15, 0.2) is 5.78 Å². The SMILES string of the molecule is CCOC(=O)[C@H]1CCC[NH+](C[C@@H](O)COc2ccc(C(=O)CC)cc2)C1. The Bertz CT molecular complexity index is 586. The van der Waals surface area contributed by atoms with Crippen LogP contribution in [0.4, 0.5) is 0 Å². The Morgan fingerprint density at radius 3 is 2.65 bits per heavy atom. The first-order valence-electron chi connectivity index (χ1n) is 9.47. The van der Waals surface area contributed by atoms with Crippen LogP contribution in [-0.2, 0) is 9.53 Å². The highest BCUT2D eigenvalue weighted by atomic mass is 16.5. The Balaban J connectivity index is 1.76. The number of carbonyl (C=O) groups is 2. The van der Waals surface area contributed by atoms with Crippen LogP contribution in [0.2, 0.25) is 0 Å². The molecule has 0 bridgehead atoms. The van der Waals surface area contributed by atoms with E-state index in [2.05, 4.69) is 0 Å². The van der Waals surface area contributed by atoms with E-state index in [1.807, 2.05) is 13.8 Å². The number of aliphatic hydroxyl groups is 1. The molecule has 1 fully saturated rings. The van der Waals surface area contributed by atoms with Gasteiger partial charge in [-0.25, -0.2) is 0 Å². The average molecular weight is 364 g/mol. The van der Waals surface area contributed by atoms with Crippen LogP contribution in [0.1, 0.15) is 43.5 Å². The number of esters is 1. The van der Waals surface area contributed by atoms with Gasteiger partial charge >= 0.3 is 5.97 Å². The van der Waals surface area contributed by atoms with Crippen LogP contribution < -0.4 is 9.64 Å². The van der Waals surface area contributed by atoms with E-state index < -0.39 is 6.10 Å². The second-order valence-electron chi connectivity index (χ2n) is 6.77. The summed E-state index contributed by atoms with van der Waals surface area (Å²) in [5.41, 5.74) is 0.670. The molecule has 1 unspecified atom stereocenters. The van der Waals surface area contributed by atoms with Crippen LogP contribution >= 0.6 is 0 Å². The topological polar surface area (TPSA) is 77.3 Å². The second kappa shape index (κ2) is 10.3. The van der Waals surface area contributed by atoms with Gasteiger partial charge in [-0.1, -0.05) is 6.92 Å².